The summed E-state index contributed by atoms with van der Waals surface area (Å²) in [5, 5.41) is 0.888. The average molecular weight is 309 g/mol. The molecule has 118 valence electrons. The molecule has 0 aliphatic carbocycles. The van der Waals surface area contributed by atoms with Crippen LogP contribution in [-0.2, 0) is 6.42 Å². The molecule has 1 aromatic rings. The van der Waals surface area contributed by atoms with Crippen LogP contribution in [-0.4, -0.2) is 18.6 Å². The van der Waals surface area contributed by atoms with Crippen LogP contribution in [0.5, 0.6) is 0 Å². The van der Waals surface area contributed by atoms with E-state index in [1.807, 2.05) is 0 Å². The fraction of sp³-hybridized carbons (Fsp3) is 0.667. The second kappa shape index (κ2) is 8.05. The van der Waals surface area contributed by atoms with Crippen LogP contribution >= 0.6 is 11.6 Å². The molecule has 2 rings (SSSR count). The summed E-state index contributed by atoms with van der Waals surface area (Å²) in [5.41, 5.74) is 8.51. The molecule has 2 nitrogen and oxygen atoms in total. The summed E-state index contributed by atoms with van der Waals surface area (Å²) in [6.45, 7) is 5.53. The van der Waals surface area contributed by atoms with Crippen LogP contribution < -0.4 is 10.6 Å². The van der Waals surface area contributed by atoms with Crippen molar-refractivity contribution in [1.82, 2.24) is 0 Å². The lowest BCUT2D eigenvalue weighted by molar-refractivity contribution is 0.435. The van der Waals surface area contributed by atoms with E-state index in [0.29, 0.717) is 6.04 Å². The summed E-state index contributed by atoms with van der Waals surface area (Å²) < 4.78 is 0. The standard InChI is InChI=1S/C18H29ClN2/c1-3-7-16-8-5-6-11-21(16)18-10-9-14(13-17(18)19)12-15(20)4-2/h9-10,13,15-16H,3-8,11-12,20H2,1-2H3. The molecule has 3 heteroatoms. The predicted octanol–water partition coefficient (Wildman–Crippen LogP) is 4.78. The number of hydrogen-bond acceptors (Lipinski definition) is 2. The van der Waals surface area contributed by atoms with Crippen molar-refractivity contribution in [3.05, 3.63) is 28.8 Å². The largest absolute Gasteiger partial charge is 0.367 e. The second-order valence-electron chi connectivity index (χ2n) is 6.29. The smallest absolute Gasteiger partial charge is 0.0642 e. The van der Waals surface area contributed by atoms with E-state index in [1.54, 1.807) is 0 Å². The number of anilines is 1. The van der Waals surface area contributed by atoms with Crippen molar-refractivity contribution >= 4 is 17.3 Å². The summed E-state index contributed by atoms with van der Waals surface area (Å²) in [6.07, 6.45) is 8.34. The fourth-order valence-corrected chi connectivity index (χ4v) is 3.62. The van der Waals surface area contributed by atoms with Crippen LogP contribution in [0.15, 0.2) is 18.2 Å². The Hall–Kier alpha value is -0.730. The third kappa shape index (κ3) is 4.37. The van der Waals surface area contributed by atoms with Crippen molar-refractivity contribution in [2.75, 3.05) is 11.4 Å². The van der Waals surface area contributed by atoms with E-state index in [0.717, 1.165) is 24.4 Å². The molecular weight excluding hydrogens is 280 g/mol. The van der Waals surface area contributed by atoms with Crippen molar-refractivity contribution in [3.8, 4) is 0 Å². The quantitative estimate of drug-likeness (QED) is 0.819. The lowest BCUT2D eigenvalue weighted by atomic mass is 9.97. The van der Waals surface area contributed by atoms with Gasteiger partial charge >= 0.3 is 0 Å². The van der Waals surface area contributed by atoms with Crippen LogP contribution in [0.3, 0.4) is 0 Å². The van der Waals surface area contributed by atoms with E-state index >= 15 is 0 Å². The van der Waals surface area contributed by atoms with Gasteiger partial charge in [0.1, 0.15) is 0 Å². The van der Waals surface area contributed by atoms with Crippen molar-refractivity contribution < 1.29 is 0 Å². The Labute approximate surface area is 134 Å². The number of rotatable bonds is 6. The molecule has 0 radical (unpaired) electrons. The molecule has 2 unspecified atom stereocenters. The normalized spacial score (nSPS) is 20.6. The highest BCUT2D eigenvalue weighted by atomic mass is 35.5. The third-order valence-electron chi connectivity index (χ3n) is 4.59. The molecule has 0 amide bonds. The summed E-state index contributed by atoms with van der Waals surface area (Å²) in [5.74, 6) is 0. The van der Waals surface area contributed by atoms with Gasteiger partial charge in [-0.2, -0.15) is 0 Å². The zero-order valence-electron chi connectivity index (χ0n) is 13.4. The third-order valence-corrected chi connectivity index (χ3v) is 4.90. The minimum atomic E-state index is 0.231. The molecule has 0 aromatic heterocycles. The molecule has 1 aliphatic heterocycles. The first kappa shape index (κ1) is 16.6. The first-order valence-electron chi connectivity index (χ1n) is 8.46. The Kier molecular flexibility index (Phi) is 6.38. The Morgan fingerprint density at radius 1 is 1.33 bits per heavy atom. The van der Waals surface area contributed by atoms with Gasteiger partial charge in [0.15, 0.2) is 0 Å². The maximum Gasteiger partial charge on any atom is 0.0642 e. The van der Waals surface area contributed by atoms with E-state index in [4.69, 9.17) is 17.3 Å². The molecular formula is C18H29ClN2. The van der Waals surface area contributed by atoms with E-state index < -0.39 is 0 Å². The highest BCUT2D eigenvalue weighted by Gasteiger charge is 2.23. The molecule has 1 fully saturated rings. The number of nitrogens with two attached hydrogens (primary N) is 1. The number of hydrogen-bond donors (Lipinski definition) is 1. The van der Waals surface area contributed by atoms with E-state index in [-0.39, 0.29) is 6.04 Å². The Morgan fingerprint density at radius 3 is 2.81 bits per heavy atom. The van der Waals surface area contributed by atoms with Gasteiger partial charge in [-0.15, -0.1) is 0 Å². The van der Waals surface area contributed by atoms with Crippen LogP contribution in [0.4, 0.5) is 5.69 Å². The van der Waals surface area contributed by atoms with Crippen LogP contribution in [0, 0.1) is 0 Å². The van der Waals surface area contributed by atoms with Gasteiger partial charge in [0.05, 0.1) is 10.7 Å². The molecule has 0 bridgehead atoms. The first-order chi connectivity index (χ1) is 10.2. The molecule has 1 heterocycles. The van der Waals surface area contributed by atoms with Crippen LogP contribution in [0.2, 0.25) is 5.02 Å². The maximum absolute atomic E-state index is 6.57. The van der Waals surface area contributed by atoms with E-state index in [9.17, 15) is 0 Å². The zero-order chi connectivity index (χ0) is 15.2. The van der Waals surface area contributed by atoms with Gasteiger partial charge in [-0.25, -0.2) is 0 Å². The maximum atomic E-state index is 6.57. The van der Waals surface area contributed by atoms with Crippen molar-refractivity contribution in [2.24, 2.45) is 5.73 Å². The zero-order valence-corrected chi connectivity index (χ0v) is 14.2. The van der Waals surface area contributed by atoms with Gasteiger partial charge < -0.3 is 10.6 Å². The molecule has 0 saturated carbocycles. The summed E-state index contributed by atoms with van der Waals surface area (Å²) in [4.78, 5) is 2.53. The highest BCUT2D eigenvalue weighted by molar-refractivity contribution is 6.33. The number of piperidine rings is 1. The minimum absolute atomic E-state index is 0.231. The van der Waals surface area contributed by atoms with Crippen LogP contribution in [0.25, 0.3) is 0 Å². The lowest BCUT2D eigenvalue weighted by Gasteiger charge is -2.38. The second-order valence-corrected chi connectivity index (χ2v) is 6.70. The predicted molar refractivity (Wildman–Crippen MR) is 93.3 cm³/mol. The first-order valence-corrected chi connectivity index (χ1v) is 8.84. The molecule has 2 N–H and O–H groups in total. The van der Waals surface area contributed by atoms with E-state index in [2.05, 4.69) is 36.9 Å². The number of nitrogens with zero attached hydrogens (tertiary/aromatic N) is 1. The molecule has 1 aliphatic rings. The monoisotopic (exact) mass is 308 g/mol. The Bertz CT molecular complexity index is 445. The van der Waals surface area contributed by atoms with Crippen LogP contribution in [0.1, 0.15) is 57.9 Å². The molecule has 0 spiro atoms. The summed E-state index contributed by atoms with van der Waals surface area (Å²) in [7, 11) is 0. The highest BCUT2D eigenvalue weighted by Crippen LogP contribution is 2.33. The van der Waals surface area contributed by atoms with Crippen molar-refractivity contribution in [3.63, 3.8) is 0 Å². The van der Waals surface area contributed by atoms with Gasteiger partial charge in [0.2, 0.25) is 0 Å². The van der Waals surface area contributed by atoms with Gasteiger partial charge in [0.25, 0.3) is 0 Å². The summed E-state index contributed by atoms with van der Waals surface area (Å²) in [6, 6.07) is 7.41. The van der Waals surface area contributed by atoms with Crippen molar-refractivity contribution in [1.29, 1.82) is 0 Å². The molecule has 2 atom stereocenters. The minimum Gasteiger partial charge on any atom is -0.367 e. The average Bonchev–Trinajstić information content (AvgIpc) is 2.48. The lowest BCUT2D eigenvalue weighted by Crippen LogP contribution is -2.39. The topological polar surface area (TPSA) is 29.3 Å². The molecule has 1 saturated heterocycles. The van der Waals surface area contributed by atoms with Crippen molar-refractivity contribution in [2.45, 2.75) is 70.9 Å². The Balaban J connectivity index is 2.15. The fourth-order valence-electron chi connectivity index (χ4n) is 3.31. The SMILES string of the molecule is CCCC1CCCCN1c1ccc(CC(N)CC)cc1Cl. The molecule has 1 aromatic carbocycles. The van der Waals surface area contributed by atoms with E-state index in [1.165, 1.54) is 43.4 Å². The number of benzene rings is 1. The Morgan fingerprint density at radius 2 is 2.14 bits per heavy atom. The molecule has 21 heavy (non-hydrogen) atoms. The van der Waals surface area contributed by atoms with Gasteiger partial charge in [-0.05, 0) is 56.2 Å². The number of halogens is 1. The summed E-state index contributed by atoms with van der Waals surface area (Å²) >= 11 is 6.57. The van der Waals surface area contributed by atoms with Gasteiger partial charge in [-0.3, -0.25) is 0 Å². The van der Waals surface area contributed by atoms with Gasteiger partial charge in [-0.1, -0.05) is 37.9 Å². The van der Waals surface area contributed by atoms with Gasteiger partial charge in [0, 0.05) is 18.6 Å².